The van der Waals surface area contributed by atoms with Gasteiger partial charge in [-0.05, 0) is 12.8 Å². The van der Waals surface area contributed by atoms with Crippen molar-refractivity contribution in [3.63, 3.8) is 0 Å². The fraction of sp³-hybridized carbons (Fsp3) is 0.636. The number of nitrogens with zero attached hydrogens (tertiary/aromatic N) is 2. The molecule has 0 saturated heterocycles. The van der Waals surface area contributed by atoms with Gasteiger partial charge in [-0.2, -0.15) is 9.40 Å². The molecule has 0 spiro atoms. The Morgan fingerprint density at radius 1 is 1.53 bits per heavy atom. The highest BCUT2D eigenvalue weighted by Crippen LogP contribution is 2.28. The second kappa shape index (κ2) is 5.70. The maximum atomic E-state index is 12.5. The first kappa shape index (κ1) is 14.0. The van der Waals surface area contributed by atoms with E-state index in [1.54, 1.807) is 0 Å². The molecule has 1 saturated carbocycles. The minimum absolute atomic E-state index is 0.0725. The summed E-state index contributed by atoms with van der Waals surface area (Å²) in [6.45, 7) is -0.255. The summed E-state index contributed by atoms with van der Waals surface area (Å²) in [5.41, 5.74) is 0. The van der Waals surface area contributed by atoms with E-state index in [0.717, 1.165) is 25.7 Å². The highest BCUT2D eigenvalue weighted by atomic mass is 32.2. The Morgan fingerprint density at radius 2 is 2.21 bits per heavy atom. The summed E-state index contributed by atoms with van der Waals surface area (Å²) >= 11 is 0. The van der Waals surface area contributed by atoms with Gasteiger partial charge >= 0.3 is 5.97 Å². The van der Waals surface area contributed by atoms with Gasteiger partial charge < -0.3 is 4.74 Å². The van der Waals surface area contributed by atoms with Crippen molar-refractivity contribution in [3.8, 4) is 0 Å². The average molecular weight is 287 g/mol. The molecule has 1 aromatic heterocycles. The van der Waals surface area contributed by atoms with Crippen molar-refractivity contribution in [2.45, 2.75) is 36.6 Å². The van der Waals surface area contributed by atoms with Gasteiger partial charge in [0.15, 0.2) is 0 Å². The molecule has 0 unspecified atom stereocenters. The first-order chi connectivity index (χ1) is 9.05. The predicted octanol–water partition coefficient (Wildman–Crippen LogP) is 0.516. The number of nitrogens with one attached hydrogen (secondary N) is 1. The summed E-state index contributed by atoms with van der Waals surface area (Å²) < 4.78 is 30.8. The number of aromatic amines is 1. The average Bonchev–Trinajstić information content (AvgIpc) is 3.07. The molecule has 1 heterocycles. The molecule has 8 heteroatoms. The van der Waals surface area contributed by atoms with Crippen molar-refractivity contribution in [2.75, 3.05) is 13.7 Å². The predicted molar refractivity (Wildman–Crippen MR) is 66.8 cm³/mol. The molecule has 1 aliphatic carbocycles. The third-order valence-electron chi connectivity index (χ3n) is 3.32. The number of methoxy groups -OCH3 is 1. The molecular weight excluding hydrogens is 270 g/mol. The van der Waals surface area contributed by atoms with Crippen molar-refractivity contribution in [1.29, 1.82) is 0 Å². The van der Waals surface area contributed by atoms with Crippen LogP contribution < -0.4 is 0 Å². The van der Waals surface area contributed by atoms with Crippen LogP contribution in [0.4, 0.5) is 0 Å². The molecule has 0 atom stereocenters. The zero-order chi connectivity index (χ0) is 13.9. The minimum Gasteiger partial charge on any atom is -0.468 e. The molecule has 0 aliphatic heterocycles. The first-order valence-electron chi connectivity index (χ1n) is 6.13. The number of sulfonamides is 1. The lowest BCUT2D eigenvalue weighted by molar-refractivity contribution is -0.141. The van der Waals surface area contributed by atoms with Gasteiger partial charge in [0.1, 0.15) is 11.4 Å². The maximum Gasteiger partial charge on any atom is 0.321 e. The summed E-state index contributed by atoms with van der Waals surface area (Å²) in [4.78, 5) is 11.5. The van der Waals surface area contributed by atoms with Gasteiger partial charge in [0, 0.05) is 12.2 Å². The number of carbonyl (C=O) groups is 1. The number of rotatable bonds is 5. The van der Waals surface area contributed by atoms with Crippen LogP contribution >= 0.6 is 0 Å². The number of esters is 1. The third-order valence-corrected chi connectivity index (χ3v) is 5.19. The Bertz CT molecular complexity index is 520. The number of ether oxygens (including phenoxy) is 1. The van der Waals surface area contributed by atoms with Crippen LogP contribution in [0.5, 0.6) is 0 Å². The first-order valence-corrected chi connectivity index (χ1v) is 7.57. The van der Waals surface area contributed by atoms with Crippen LogP contribution in [-0.2, 0) is 19.6 Å². The second-order valence-electron chi connectivity index (χ2n) is 4.50. The molecule has 0 aromatic carbocycles. The van der Waals surface area contributed by atoms with Crippen molar-refractivity contribution in [2.24, 2.45) is 0 Å². The van der Waals surface area contributed by atoms with Crippen LogP contribution in [0.1, 0.15) is 25.7 Å². The van der Waals surface area contributed by atoms with Crippen LogP contribution in [0.3, 0.4) is 0 Å². The van der Waals surface area contributed by atoms with E-state index >= 15 is 0 Å². The van der Waals surface area contributed by atoms with Gasteiger partial charge in [-0.15, -0.1) is 0 Å². The molecule has 0 bridgehead atoms. The number of H-pyrrole nitrogens is 1. The van der Waals surface area contributed by atoms with Gasteiger partial charge in [-0.25, -0.2) is 8.42 Å². The summed E-state index contributed by atoms with van der Waals surface area (Å²) in [6.07, 6.45) is 6.05. The van der Waals surface area contributed by atoms with E-state index in [-0.39, 0.29) is 17.5 Å². The van der Waals surface area contributed by atoms with E-state index in [0.29, 0.717) is 0 Å². The van der Waals surface area contributed by atoms with Gasteiger partial charge in [0.2, 0.25) is 10.0 Å². The molecule has 106 valence electrons. The molecule has 0 radical (unpaired) electrons. The van der Waals surface area contributed by atoms with E-state index in [1.807, 2.05) is 0 Å². The highest BCUT2D eigenvalue weighted by Gasteiger charge is 2.35. The zero-order valence-electron chi connectivity index (χ0n) is 10.7. The smallest absolute Gasteiger partial charge is 0.321 e. The van der Waals surface area contributed by atoms with Crippen molar-refractivity contribution in [1.82, 2.24) is 14.5 Å². The van der Waals surface area contributed by atoms with Crippen LogP contribution in [-0.4, -0.2) is 48.6 Å². The van der Waals surface area contributed by atoms with Gasteiger partial charge in [-0.3, -0.25) is 9.89 Å². The standard InChI is InChI=1S/C11H17N3O4S/c1-18-11(15)8-14(9-4-2-3-5-9)19(16,17)10-6-12-13-7-10/h6-7,9H,2-5,8H2,1H3,(H,12,13). The van der Waals surface area contributed by atoms with Crippen molar-refractivity contribution >= 4 is 16.0 Å². The van der Waals surface area contributed by atoms with Crippen molar-refractivity contribution < 1.29 is 17.9 Å². The lowest BCUT2D eigenvalue weighted by Gasteiger charge is -2.26. The summed E-state index contributed by atoms with van der Waals surface area (Å²) in [7, 11) is -2.46. The molecule has 1 N–H and O–H groups in total. The van der Waals surface area contributed by atoms with Crippen LogP contribution in [0.2, 0.25) is 0 Å². The quantitative estimate of drug-likeness (QED) is 0.797. The van der Waals surface area contributed by atoms with E-state index in [9.17, 15) is 13.2 Å². The molecule has 2 rings (SSSR count). The number of carbonyl (C=O) groups excluding carboxylic acids is 1. The summed E-state index contributed by atoms with van der Waals surface area (Å²) in [5.74, 6) is -0.557. The zero-order valence-corrected chi connectivity index (χ0v) is 11.5. The normalized spacial score (nSPS) is 16.9. The number of hydrogen-bond acceptors (Lipinski definition) is 5. The summed E-state index contributed by atoms with van der Waals surface area (Å²) in [5, 5.41) is 6.13. The maximum absolute atomic E-state index is 12.5. The Hall–Kier alpha value is -1.41. The fourth-order valence-electron chi connectivity index (χ4n) is 2.31. The van der Waals surface area contributed by atoms with Crippen molar-refractivity contribution in [3.05, 3.63) is 12.4 Å². The largest absolute Gasteiger partial charge is 0.468 e. The lowest BCUT2D eigenvalue weighted by atomic mass is 10.2. The highest BCUT2D eigenvalue weighted by molar-refractivity contribution is 7.89. The van der Waals surface area contributed by atoms with Crippen LogP contribution in [0.15, 0.2) is 17.3 Å². The molecular formula is C11H17N3O4S. The Balaban J connectivity index is 2.28. The topological polar surface area (TPSA) is 92.4 Å². The molecule has 1 aromatic rings. The summed E-state index contributed by atoms with van der Waals surface area (Å²) in [6, 6.07) is -0.140. The van der Waals surface area contributed by atoms with Gasteiger partial charge in [-0.1, -0.05) is 12.8 Å². The second-order valence-corrected chi connectivity index (χ2v) is 6.39. The molecule has 7 nitrogen and oxygen atoms in total. The Labute approximate surface area is 112 Å². The molecule has 1 aliphatic rings. The molecule has 19 heavy (non-hydrogen) atoms. The van der Waals surface area contributed by atoms with E-state index in [1.165, 1.54) is 23.8 Å². The Kier molecular flexibility index (Phi) is 4.20. The van der Waals surface area contributed by atoms with Crippen LogP contribution in [0, 0.1) is 0 Å². The fourth-order valence-corrected chi connectivity index (χ4v) is 3.85. The van der Waals surface area contributed by atoms with Gasteiger partial charge in [0.25, 0.3) is 0 Å². The number of aromatic nitrogens is 2. The molecule has 1 fully saturated rings. The van der Waals surface area contributed by atoms with E-state index < -0.39 is 16.0 Å². The van der Waals surface area contributed by atoms with Gasteiger partial charge in [0.05, 0.1) is 13.3 Å². The van der Waals surface area contributed by atoms with E-state index in [4.69, 9.17) is 0 Å². The third kappa shape index (κ3) is 2.95. The van der Waals surface area contributed by atoms with E-state index in [2.05, 4.69) is 14.9 Å². The Morgan fingerprint density at radius 3 is 2.74 bits per heavy atom. The van der Waals surface area contributed by atoms with Crippen LogP contribution in [0.25, 0.3) is 0 Å². The SMILES string of the molecule is COC(=O)CN(C1CCCC1)S(=O)(=O)c1cn[nH]c1. The number of hydrogen-bond donors (Lipinski definition) is 1. The minimum atomic E-state index is -3.71. The monoisotopic (exact) mass is 287 g/mol. The molecule has 0 amide bonds. The lowest BCUT2D eigenvalue weighted by Crippen LogP contribution is -2.42.